The van der Waals surface area contributed by atoms with Gasteiger partial charge in [0.1, 0.15) is 18.0 Å². The van der Waals surface area contributed by atoms with Crippen LogP contribution < -0.4 is 14.3 Å². The van der Waals surface area contributed by atoms with Crippen LogP contribution in [0.1, 0.15) is 10.4 Å². The molecule has 0 bridgehead atoms. The summed E-state index contributed by atoms with van der Waals surface area (Å²) in [7, 11) is 4.25. The van der Waals surface area contributed by atoms with Crippen molar-refractivity contribution in [2.45, 2.75) is 6.54 Å². The summed E-state index contributed by atoms with van der Waals surface area (Å²) in [5.41, 5.74) is 0.775. The zero-order valence-electron chi connectivity index (χ0n) is 15.7. The van der Waals surface area contributed by atoms with E-state index in [-0.39, 0.29) is 21.9 Å². The van der Waals surface area contributed by atoms with Crippen LogP contribution >= 0.6 is 34.5 Å². The van der Waals surface area contributed by atoms with Gasteiger partial charge in [-0.05, 0) is 24.3 Å². The number of carbonyl (C=O) groups is 2. The fourth-order valence-corrected chi connectivity index (χ4v) is 4.12. The zero-order chi connectivity index (χ0) is 21.1. The van der Waals surface area contributed by atoms with Gasteiger partial charge in [-0.3, -0.25) is 9.59 Å². The number of methoxy groups -OCH3 is 3. The molecular formula is C19H16Cl2N2O5S. The van der Waals surface area contributed by atoms with Crippen LogP contribution in [0.15, 0.2) is 35.3 Å². The number of hydrogen-bond acceptors (Lipinski definition) is 6. The lowest BCUT2D eigenvalue weighted by Gasteiger charge is -2.07. The van der Waals surface area contributed by atoms with E-state index < -0.39 is 11.9 Å². The van der Waals surface area contributed by atoms with Crippen molar-refractivity contribution < 1.29 is 23.8 Å². The van der Waals surface area contributed by atoms with E-state index in [1.165, 1.54) is 37.2 Å². The molecule has 0 N–H and O–H groups in total. The molecule has 1 heterocycles. The van der Waals surface area contributed by atoms with Gasteiger partial charge in [0.15, 0.2) is 4.80 Å². The summed E-state index contributed by atoms with van der Waals surface area (Å²) >= 11 is 13.7. The molecule has 0 fully saturated rings. The third-order valence-electron chi connectivity index (χ3n) is 4.04. The molecule has 10 heteroatoms. The second-order valence-electron chi connectivity index (χ2n) is 5.77. The molecule has 0 saturated heterocycles. The van der Waals surface area contributed by atoms with Crippen LogP contribution in [0.25, 0.3) is 10.2 Å². The molecule has 29 heavy (non-hydrogen) atoms. The standard InChI is InChI=1S/C19H16Cl2N2O5S/c1-26-11-6-10(7-12(8-11)27-2)18(25)22-19-23(9-15(24)28-3)17-14(29-19)5-4-13(20)16(17)21/h4-8H,9H2,1-3H3. The van der Waals surface area contributed by atoms with Crippen molar-refractivity contribution in [3.63, 3.8) is 0 Å². The topological polar surface area (TPSA) is 79.1 Å². The molecule has 152 valence electrons. The maximum atomic E-state index is 12.8. The molecule has 0 atom stereocenters. The summed E-state index contributed by atoms with van der Waals surface area (Å²) in [6.45, 7) is -0.176. The first-order valence-electron chi connectivity index (χ1n) is 8.24. The van der Waals surface area contributed by atoms with Crippen LogP contribution in [0.2, 0.25) is 10.0 Å². The first-order valence-corrected chi connectivity index (χ1v) is 9.81. The number of aromatic nitrogens is 1. The maximum absolute atomic E-state index is 12.8. The highest BCUT2D eigenvalue weighted by Gasteiger charge is 2.17. The Labute approximate surface area is 180 Å². The van der Waals surface area contributed by atoms with E-state index in [1.807, 2.05) is 0 Å². The van der Waals surface area contributed by atoms with E-state index in [1.54, 1.807) is 30.3 Å². The number of thiazole rings is 1. The molecule has 0 radical (unpaired) electrons. The summed E-state index contributed by atoms with van der Waals surface area (Å²) in [5, 5.41) is 0.590. The van der Waals surface area contributed by atoms with Gasteiger partial charge in [-0.2, -0.15) is 4.99 Å². The van der Waals surface area contributed by atoms with Crippen LogP contribution in [0.5, 0.6) is 11.5 Å². The number of nitrogens with zero attached hydrogens (tertiary/aromatic N) is 2. The van der Waals surface area contributed by atoms with Crippen LogP contribution in [-0.2, 0) is 16.1 Å². The van der Waals surface area contributed by atoms with Crippen LogP contribution in [0, 0.1) is 0 Å². The lowest BCUT2D eigenvalue weighted by Crippen LogP contribution is -2.22. The van der Waals surface area contributed by atoms with Crippen molar-refractivity contribution in [2.75, 3.05) is 21.3 Å². The molecule has 0 unspecified atom stereocenters. The molecule has 0 aliphatic carbocycles. The minimum atomic E-state index is -0.533. The van der Waals surface area contributed by atoms with Gasteiger partial charge in [-0.25, -0.2) is 0 Å². The number of esters is 1. The van der Waals surface area contributed by atoms with Crippen molar-refractivity contribution in [1.29, 1.82) is 0 Å². The second kappa shape index (κ2) is 8.86. The SMILES string of the molecule is COC(=O)Cn1c(=NC(=O)c2cc(OC)cc(OC)c2)sc2ccc(Cl)c(Cl)c21. The highest BCUT2D eigenvalue weighted by Crippen LogP contribution is 2.32. The first-order chi connectivity index (χ1) is 13.9. The third kappa shape index (κ3) is 4.39. The number of fused-ring (bicyclic) bond motifs is 1. The molecule has 7 nitrogen and oxygen atoms in total. The van der Waals surface area contributed by atoms with E-state index >= 15 is 0 Å². The molecule has 0 aliphatic heterocycles. The molecule has 0 saturated carbocycles. The minimum Gasteiger partial charge on any atom is -0.497 e. The maximum Gasteiger partial charge on any atom is 0.325 e. The van der Waals surface area contributed by atoms with Gasteiger partial charge in [-0.15, -0.1) is 0 Å². The predicted molar refractivity (Wildman–Crippen MR) is 111 cm³/mol. The van der Waals surface area contributed by atoms with Crippen molar-refractivity contribution >= 4 is 56.6 Å². The minimum absolute atomic E-state index is 0.176. The average Bonchev–Trinajstić information content (AvgIpc) is 3.07. The van der Waals surface area contributed by atoms with Gasteiger partial charge < -0.3 is 18.8 Å². The van der Waals surface area contributed by atoms with E-state index in [0.29, 0.717) is 22.0 Å². The van der Waals surface area contributed by atoms with Gasteiger partial charge >= 0.3 is 5.97 Å². The molecule has 2 aromatic carbocycles. The Bertz CT molecular complexity index is 1150. The van der Waals surface area contributed by atoms with Gasteiger partial charge in [0.2, 0.25) is 0 Å². The van der Waals surface area contributed by atoms with Gasteiger partial charge in [-0.1, -0.05) is 34.5 Å². The largest absolute Gasteiger partial charge is 0.497 e. The fourth-order valence-electron chi connectivity index (χ4n) is 2.61. The number of carbonyl (C=O) groups excluding carboxylic acids is 2. The van der Waals surface area contributed by atoms with Crippen LogP contribution in [-0.4, -0.2) is 37.8 Å². The van der Waals surface area contributed by atoms with Crippen molar-refractivity contribution in [3.8, 4) is 11.5 Å². The highest BCUT2D eigenvalue weighted by molar-refractivity contribution is 7.16. The fraction of sp³-hybridized carbons (Fsp3) is 0.211. The zero-order valence-corrected chi connectivity index (χ0v) is 18.0. The average molecular weight is 455 g/mol. The Balaban J connectivity index is 2.19. The lowest BCUT2D eigenvalue weighted by atomic mass is 10.2. The predicted octanol–water partition coefficient (Wildman–Crippen LogP) is 3.94. The molecule has 0 aliphatic rings. The molecular weight excluding hydrogens is 439 g/mol. The normalized spacial score (nSPS) is 11.6. The number of halogens is 2. The molecule has 0 spiro atoms. The van der Waals surface area contributed by atoms with E-state index in [9.17, 15) is 9.59 Å². The third-order valence-corrected chi connectivity index (χ3v) is 5.88. The number of benzene rings is 2. The lowest BCUT2D eigenvalue weighted by molar-refractivity contribution is -0.141. The summed E-state index contributed by atoms with van der Waals surface area (Å²) in [5.74, 6) is -0.139. The van der Waals surface area contributed by atoms with Crippen LogP contribution in [0.4, 0.5) is 0 Å². The molecule has 1 amide bonds. The van der Waals surface area contributed by atoms with Gasteiger partial charge in [0, 0.05) is 11.6 Å². The van der Waals surface area contributed by atoms with E-state index in [4.69, 9.17) is 37.4 Å². The summed E-state index contributed by atoms with van der Waals surface area (Å²) < 4.78 is 17.4. The Hall–Kier alpha value is -2.55. The van der Waals surface area contributed by atoms with Crippen molar-refractivity contribution in [1.82, 2.24) is 4.57 Å². The van der Waals surface area contributed by atoms with Crippen molar-refractivity contribution in [2.24, 2.45) is 4.99 Å². The highest BCUT2D eigenvalue weighted by atomic mass is 35.5. The molecule has 3 rings (SSSR count). The number of hydrogen-bond donors (Lipinski definition) is 0. The summed E-state index contributed by atoms with van der Waals surface area (Å²) in [6.07, 6.45) is 0. The second-order valence-corrected chi connectivity index (χ2v) is 7.57. The summed E-state index contributed by atoms with van der Waals surface area (Å²) in [4.78, 5) is 29.2. The smallest absolute Gasteiger partial charge is 0.325 e. The van der Waals surface area contributed by atoms with Gasteiger partial charge in [0.05, 0.1) is 41.6 Å². The number of rotatable bonds is 5. The molecule has 3 aromatic rings. The van der Waals surface area contributed by atoms with Crippen LogP contribution in [0.3, 0.4) is 0 Å². The Kier molecular flexibility index (Phi) is 6.46. The summed E-state index contributed by atoms with van der Waals surface area (Å²) in [6, 6.07) is 8.14. The Morgan fingerprint density at radius 3 is 2.31 bits per heavy atom. The molecule has 1 aromatic heterocycles. The van der Waals surface area contributed by atoms with Crippen molar-refractivity contribution in [3.05, 3.63) is 50.7 Å². The quantitative estimate of drug-likeness (QED) is 0.545. The first kappa shape index (κ1) is 21.2. The van der Waals surface area contributed by atoms with Gasteiger partial charge in [0.25, 0.3) is 5.91 Å². The van der Waals surface area contributed by atoms with E-state index in [0.717, 1.165) is 4.70 Å². The monoisotopic (exact) mass is 454 g/mol. The Morgan fingerprint density at radius 2 is 1.72 bits per heavy atom. The van der Waals surface area contributed by atoms with E-state index in [2.05, 4.69) is 4.99 Å². The Morgan fingerprint density at radius 1 is 1.07 bits per heavy atom. The number of ether oxygens (including phenoxy) is 3. The number of amides is 1.